The van der Waals surface area contributed by atoms with Crippen LogP contribution in [0.15, 0.2) is 36.5 Å². The van der Waals surface area contributed by atoms with Crippen LogP contribution in [0.3, 0.4) is 0 Å². The van der Waals surface area contributed by atoms with Crippen LogP contribution >= 0.6 is 0 Å². The Hall–Kier alpha value is -2.83. The van der Waals surface area contributed by atoms with Crippen molar-refractivity contribution in [2.75, 3.05) is 6.54 Å². The van der Waals surface area contributed by atoms with E-state index in [0.29, 0.717) is 18.9 Å². The second-order valence-corrected chi connectivity index (χ2v) is 5.18. The molecule has 23 heavy (non-hydrogen) atoms. The summed E-state index contributed by atoms with van der Waals surface area (Å²) in [6.45, 7) is 4.49. The summed E-state index contributed by atoms with van der Waals surface area (Å²) in [5.41, 5.74) is 1.56. The largest absolute Gasteiger partial charge is 0.332 e. The minimum absolute atomic E-state index is 0.0880. The van der Waals surface area contributed by atoms with Gasteiger partial charge in [-0.2, -0.15) is 4.98 Å². The number of rotatable bonds is 4. The number of carbonyl (C=O) groups excluding carboxylic acids is 1. The first-order chi connectivity index (χ1) is 11.1. The molecule has 0 saturated carbocycles. The highest BCUT2D eigenvalue weighted by Crippen LogP contribution is 2.10. The van der Waals surface area contributed by atoms with E-state index in [2.05, 4.69) is 15.1 Å². The molecule has 0 N–H and O–H groups in total. The van der Waals surface area contributed by atoms with Crippen molar-refractivity contribution in [1.29, 1.82) is 0 Å². The number of amides is 1. The smallest absolute Gasteiger partial charge is 0.293 e. The summed E-state index contributed by atoms with van der Waals surface area (Å²) in [6, 6.07) is 7.99. The van der Waals surface area contributed by atoms with Crippen molar-refractivity contribution in [3.05, 3.63) is 59.4 Å². The molecule has 2 heterocycles. The highest BCUT2D eigenvalue weighted by atomic mass is 19.1. The molecule has 1 aromatic carbocycles. The maximum absolute atomic E-state index is 13.3. The zero-order valence-electron chi connectivity index (χ0n) is 12.9. The average molecular weight is 313 g/mol. The molecule has 0 unspecified atom stereocenters. The van der Waals surface area contributed by atoms with Crippen LogP contribution in [-0.4, -0.2) is 36.9 Å². The van der Waals surface area contributed by atoms with Crippen LogP contribution in [0.2, 0.25) is 0 Å². The second kappa shape index (κ2) is 6.12. The molecular weight excluding hydrogens is 297 g/mol. The zero-order chi connectivity index (χ0) is 16.4. The van der Waals surface area contributed by atoms with Gasteiger partial charge in [-0.1, -0.05) is 12.1 Å². The first-order valence-electron chi connectivity index (χ1n) is 7.30. The molecule has 2 aromatic heterocycles. The van der Waals surface area contributed by atoms with Crippen molar-refractivity contribution in [1.82, 2.24) is 24.5 Å². The Morgan fingerprint density at radius 3 is 2.87 bits per heavy atom. The topological polar surface area (TPSA) is 63.4 Å². The van der Waals surface area contributed by atoms with Crippen LogP contribution < -0.4 is 0 Å². The highest BCUT2D eigenvalue weighted by Gasteiger charge is 2.20. The lowest BCUT2D eigenvalue weighted by Crippen LogP contribution is -2.31. The van der Waals surface area contributed by atoms with Crippen LogP contribution in [0.4, 0.5) is 4.39 Å². The molecule has 0 spiro atoms. The minimum atomic E-state index is -0.323. The van der Waals surface area contributed by atoms with E-state index in [1.807, 2.05) is 13.8 Å². The van der Waals surface area contributed by atoms with Crippen molar-refractivity contribution >= 4 is 11.7 Å². The Morgan fingerprint density at radius 2 is 2.17 bits per heavy atom. The molecule has 1 amide bonds. The fraction of sp³-hybridized carbons (Fsp3) is 0.250. The normalized spacial score (nSPS) is 10.9. The van der Waals surface area contributed by atoms with Crippen molar-refractivity contribution < 1.29 is 9.18 Å². The van der Waals surface area contributed by atoms with E-state index in [1.165, 1.54) is 16.6 Å². The molecule has 3 aromatic rings. The van der Waals surface area contributed by atoms with Gasteiger partial charge < -0.3 is 4.90 Å². The first kappa shape index (κ1) is 15.1. The van der Waals surface area contributed by atoms with Crippen LogP contribution in [-0.2, 0) is 6.54 Å². The summed E-state index contributed by atoms with van der Waals surface area (Å²) in [4.78, 5) is 22.5. The van der Waals surface area contributed by atoms with E-state index in [-0.39, 0.29) is 17.5 Å². The van der Waals surface area contributed by atoms with E-state index < -0.39 is 0 Å². The molecule has 7 heteroatoms. The quantitative estimate of drug-likeness (QED) is 0.741. The summed E-state index contributed by atoms with van der Waals surface area (Å²) in [5.74, 6) is -0.154. The lowest BCUT2D eigenvalue weighted by Gasteiger charge is -2.19. The van der Waals surface area contributed by atoms with Gasteiger partial charge in [0.1, 0.15) is 5.82 Å². The second-order valence-electron chi connectivity index (χ2n) is 5.18. The van der Waals surface area contributed by atoms with Gasteiger partial charge in [0.25, 0.3) is 11.7 Å². The Labute approximate surface area is 132 Å². The number of nitrogens with zero attached hydrogens (tertiary/aromatic N) is 5. The van der Waals surface area contributed by atoms with Gasteiger partial charge in [0.15, 0.2) is 0 Å². The van der Waals surface area contributed by atoms with Gasteiger partial charge in [-0.15, -0.1) is 5.10 Å². The Kier molecular flexibility index (Phi) is 4.01. The molecule has 0 bridgehead atoms. The third-order valence-electron chi connectivity index (χ3n) is 3.55. The van der Waals surface area contributed by atoms with Gasteiger partial charge in [0.05, 0.1) is 0 Å². The maximum Gasteiger partial charge on any atom is 0.293 e. The highest BCUT2D eigenvalue weighted by molar-refractivity contribution is 5.90. The fourth-order valence-electron chi connectivity index (χ4n) is 2.32. The standard InChI is InChI=1S/C16H16FN5O/c1-3-21(10-12-5-4-6-13(17)9-12)15(23)14-19-16-18-8-7-11(2)22(16)20-14/h4-9H,3,10H2,1-2H3. The molecule has 118 valence electrons. The summed E-state index contributed by atoms with van der Waals surface area (Å²) in [5, 5.41) is 4.22. The van der Waals surface area contributed by atoms with Crippen molar-refractivity contribution in [3.63, 3.8) is 0 Å². The number of hydrogen-bond donors (Lipinski definition) is 0. The van der Waals surface area contributed by atoms with Gasteiger partial charge in [0.2, 0.25) is 5.82 Å². The Morgan fingerprint density at radius 1 is 1.35 bits per heavy atom. The Balaban J connectivity index is 1.88. The Bertz CT molecular complexity index is 861. The third-order valence-corrected chi connectivity index (χ3v) is 3.55. The number of carbonyl (C=O) groups is 1. The van der Waals surface area contributed by atoms with E-state index in [0.717, 1.165) is 11.3 Å². The van der Waals surface area contributed by atoms with E-state index in [4.69, 9.17) is 0 Å². The predicted octanol–water partition coefficient (Wildman–Crippen LogP) is 2.23. The van der Waals surface area contributed by atoms with Gasteiger partial charge in [-0.3, -0.25) is 4.79 Å². The molecule has 0 atom stereocenters. The number of aryl methyl sites for hydroxylation is 1. The number of benzene rings is 1. The van der Waals surface area contributed by atoms with Crippen LogP contribution in [0.5, 0.6) is 0 Å². The van der Waals surface area contributed by atoms with E-state index >= 15 is 0 Å². The maximum atomic E-state index is 13.3. The number of halogens is 1. The van der Waals surface area contributed by atoms with Crippen LogP contribution in [0.25, 0.3) is 5.78 Å². The molecule has 6 nitrogen and oxygen atoms in total. The van der Waals surface area contributed by atoms with Crippen molar-refractivity contribution in [2.45, 2.75) is 20.4 Å². The molecule has 0 fully saturated rings. The fourth-order valence-corrected chi connectivity index (χ4v) is 2.32. The monoisotopic (exact) mass is 313 g/mol. The third kappa shape index (κ3) is 3.03. The molecule has 0 saturated heterocycles. The molecule has 0 aliphatic carbocycles. The molecule has 0 aliphatic heterocycles. The molecule has 0 aliphatic rings. The average Bonchev–Trinajstić information content (AvgIpc) is 2.98. The van der Waals surface area contributed by atoms with Crippen molar-refractivity contribution in [3.8, 4) is 0 Å². The number of aromatic nitrogens is 4. The van der Waals surface area contributed by atoms with Crippen molar-refractivity contribution in [2.24, 2.45) is 0 Å². The minimum Gasteiger partial charge on any atom is -0.332 e. The summed E-state index contributed by atoms with van der Waals surface area (Å²) >= 11 is 0. The van der Waals surface area contributed by atoms with Gasteiger partial charge in [-0.25, -0.2) is 13.9 Å². The number of hydrogen-bond acceptors (Lipinski definition) is 4. The molecule has 3 rings (SSSR count). The molecular formula is C16H16FN5O. The summed E-state index contributed by atoms with van der Waals surface area (Å²) < 4.78 is 14.8. The zero-order valence-corrected chi connectivity index (χ0v) is 12.9. The number of fused-ring (bicyclic) bond motifs is 1. The van der Waals surface area contributed by atoms with Gasteiger partial charge in [-0.05, 0) is 37.6 Å². The molecule has 0 radical (unpaired) electrons. The van der Waals surface area contributed by atoms with E-state index in [1.54, 1.807) is 29.3 Å². The SMILES string of the molecule is CCN(Cc1cccc(F)c1)C(=O)c1nc2nccc(C)n2n1. The van der Waals surface area contributed by atoms with Crippen LogP contribution in [0.1, 0.15) is 28.8 Å². The lowest BCUT2D eigenvalue weighted by atomic mass is 10.2. The van der Waals surface area contributed by atoms with Crippen LogP contribution in [0, 0.1) is 12.7 Å². The predicted molar refractivity (Wildman–Crippen MR) is 82.3 cm³/mol. The van der Waals surface area contributed by atoms with E-state index in [9.17, 15) is 9.18 Å². The van der Waals surface area contributed by atoms with Gasteiger partial charge >= 0.3 is 0 Å². The lowest BCUT2D eigenvalue weighted by molar-refractivity contribution is 0.0740. The summed E-state index contributed by atoms with van der Waals surface area (Å²) in [7, 11) is 0. The first-order valence-corrected chi connectivity index (χ1v) is 7.30. The van der Waals surface area contributed by atoms with Gasteiger partial charge in [0, 0.05) is 25.0 Å². The summed E-state index contributed by atoms with van der Waals surface area (Å²) in [6.07, 6.45) is 1.62.